The van der Waals surface area contributed by atoms with E-state index in [4.69, 9.17) is 14.5 Å². The summed E-state index contributed by atoms with van der Waals surface area (Å²) in [5.74, 6) is -0.222. The zero-order valence-electron chi connectivity index (χ0n) is 11.8. The van der Waals surface area contributed by atoms with Crippen molar-refractivity contribution in [2.24, 2.45) is 0 Å². The van der Waals surface area contributed by atoms with Crippen LogP contribution < -0.4 is 0 Å². The fraction of sp³-hybridized carbons (Fsp3) is 0.235. The number of nitrogens with one attached hydrogen (secondary N) is 1. The summed E-state index contributed by atoms with van der Waals surface area (Å²) in [4.78, 5) is 8.04. The first kappa shape index (κ1) is 12.6. The fourth-order valence-electron chi connectivity index (χ4n) is 2.78. The Morgan fingerprint density at radius 1 is 1.05 bits per heavy atom. The topological polar surface area (TPSA) is 47.1 Å². The molecule has 4 nitrogen and oxygen atoms in total. The zero-order valence-corrected chi connectivity index (χ0v) is 11.8. The Morgan fingerprint density at radius 3 is 2.57 bits per heavy atom. The van der Waals surface area contributed by atoms with E-state index < -0.39 is 5.79 Å². The Bertz CT molecular complexity index is 774. The molecule has 0 unspecified atom stereocenters. The fourth-order valence-corrected chi connectivity index (χ4v) is 2.78. The van der Waals surface area contributed by atoms with E-state index in [1.165, 1.54) is 5.56 Å². The molecule has 21 heavy (non-hydrogen) atoms. The van der Waals surface area contributed by atoms with Crippen LogP contribution in [0.25, 0.3) is 11.0 Å². The van der Waals surface area contributed by atoms with Crippen LogP contribution in [0.1, 0.15) is 17.0 Å². The molecule has 0 aliphatic carbocycles. The average Bonchev–Trinajstić information content (AvgIpc) is 3.15. The number of H-pyrrole nitrogens is 1. The molecule has 1 aliphatic rings. The van der Waals surface area contributed by atoms with Crippen LogP contribution in [-0.4, -0.2) is 23.2 Å². The summed E-state index contributed by atoms with van der Waals surface area (Å²) in [5.41, 5.74) is 4.06. The van der Waals surface area contributed by atoms with Crippen molar-refractivity contribution in [3.8, 4) is 0 Å². The van der Waals surface area contributed by atoms with E-state index in [-0.39, 0.29) is 0 Å². The monoisotopic (exact) mass is 280 g/mol. The Balaban J connectivity index is 1.90. The molecule has 2 aromatic carbocycles. The van der Waals surface area contributed by atoms with E-state index in [2.05, 4.69) is 24.0 Å². The lowest BCUT2D eigenvalue weighted by Crippen LogP contribution is -2.30. The van der Waals surface area contributed by atoms with Gasteiger partial charge >= 0.3 is 0 Å². The van der Waals surface area contributed by atoms with Gasteiger partial charge in [0, 0.05) is 5.56 Å². The maximum absolute atomic E-state index is 5.96. The number of imidazole rings is 1. The van der Waals surface area contributed by atoms with Crippen molar-refractivity contribution >= 4 is 11.0 Å². The second-order valence-corrected chi connectivity index (χ2v) is 5.29. The molecule has 1 aromatic heterocycles. The van der Waals surface area contributed by atoms with Crippen LogP contribution in [0, 0.1) is 6.92 Å². The van der Waals surface area contributed by atoms with E-state index in [0.29, 0.717) is 19.0 Å². The van der Waals surface area contributed by atoms with Crippen LogP contribution in [0.2, 0.25) is 0 Å². The van der Waals surface area contributed by atoms with Crippen LogP contribution in [0.3, 0.4) is 0 Å². The van der Waals surface area contributed by atoms with Crippen LogP contribution in [-0.2, 0) is 15.3 Å². The number of benzene rings is 2. The number of fused-ring (bicyclic) bond motifs is 1. The molecule has 4 rings (SSSR count). The number of rotatable bonds is 2. The highest BCUT2D eigenvalue weighted by molar-refractivity contribution is 5.76. The normalized spacial score (nSPS) is 17.4. The second kappa shape index (κ2) is 4.69. The van der Waals surface area contributed by atoms with Gasteiger partial charge in [-0.2, -0.15) is 0 Å². The van der Waals surface area contributed by atoms with E-state index in [1.807, 2.05) is 36.4 Å². The van der Waals surface area contributed by atoms with Gasteiger partial charge in [0.2, 0.25) is 0 Å². The van der Waals surface area contributed by atoms with E-state index in [9.17, 15) is 0 Å². The quantitative estimate of drug-likeness (QED) is 0.784. The number of hydrogen-bond donors (Lipinski definition) is 1. The first-order valence-electron chi connectivity index (χ1n) is 7.08. The average molecular weight is 280 g/mol. The summed E-state index contributed by atoms with van der Waals surface area (Å²) in [6.45, 7) is 3.18. The molecule has 0 amide bonds. The van der Waals surface area contributed by atoms with Crippen LogP contribution >= 0.6 is 0 Å². The summed E-state index contributed by atoms with van der Waals surface area (Å²) in [7, 11) is 0. The van der Waals surface area contributed by atoms with Gasteiger partial charge in [-0.1, -0.05) is 36.4 Å². The molecule has 1 aliphatic heterocycles. The maximum atomic E-state index is 5.96. The number of aryl methyl sites for hydroxylation is 1. The summed E-state index contributed by atoms with van der Waals surface area (Å²) >= 11 is 0. The molecule has 0 atom stereocenters. The van der Waals surface area contributed by atoms with Gasteiger partial charge in [-0.25, -0.2) is 4.98 Å². The Hall–Kier alpha value is -2.17. The minimum atomic E-state index is -0.922. The summed E-state index contributed by atoms with van der Waals surface area (Å²) in [6, 6.07) is 16.1. The third-order valence-corrected chi connectivity index (χ3v) is 3.80. The van der Waals surface area contributed by atoms with Crippen LogP contribution in [0.5, 0.6) is 0 Å². The van der Waals surface area contributed by atoms with Crippen molar-refractivity contribution in [2.45, 2.75) is 12.7 Å². The zero-order chi connectivity index (χ0) is 14.3. The van der Waals surface area contributed by atoms with Gasteiger partial charge in [0.15, 0.2) is 5.82 Å². The highest BCUT2D eigenvalue weighted by Gasteiger charge is 2.43. The molecule has 3 aromatic rings. The molecule has 1 fully saturated rings. The highest BCUT2D eigenvalue weighted by Crippen LogP contribution is 2.37. The SMILES string of the molecule is Cc1ccc2[nH]c(C3(c4ccccc4)OCCO3)nc2c1. The molecule has 4 heteroatoms. The molecule has 2 heterocycles. The standard InChI is InChI=1S/C17H16N2O2/c1-12-7-8-14-15(11-12)19-16(18-14)17(20-9-10-21-17)13-5-3-2-4-6-13/h2-8,11H,9-10H2,1H3,(H,18,19). The Kier molecular flexibility index (Phi) is 2.80. The minimum absolute atomic E-state index is 0.560. The summed E-state index contributed by atoms with van der Waals surface area (Å²) < 4.78 is 11.9. The largest absolute Gasteiger partial charge is 0.337 e. The predicted molar refractivity (Wildman–Crippen MR) is 80.0 cm³/mol. The first-order chi connectivity index (χ1) is 10.3. The Morgan fingerprint density at radius 2 is 1.81 bits per heavy atom. The number of hydrogen-bond acceptors (Lipinski definition) is 3. The van der Waals surface area contributed by atoms with E-state index in [0.717, 1.165) is 16.6 Å². The Labute approximate surface area is 122 Å². The summed E-state index contributed by atoms with van der Waals surface area (Å²) in [6.07, 6.45) is 0. The molecule has 0 saturated carbocycles. The number of nitrogens with zero attached hydrogens (tertiary/aromatic N) is 1. The van der Waals surface area contributed by atoms with Gasteiger partial charge < -0.3 is 14.5 Å². The molecule has 1 saturated heterocycles. The number of aromatic nitrogens is 2. The van der Waals surface area contributed by atoms with Crippen molar-refractivity contribution in [3.05, 3.63) is 65.5 Å². The van der Waals surface area contributed by atoms with Gasteiger partial charge in [0.05, 0.1) is 24.2 Å². The van der Waals surface area contributed by atoms with Gasteiger partial charge in [-0.3, -0.25) is 0 Å². The van der Waals surface area contributed by atoms with Gasteiger partial charge in [-0.15, -0.1) is 0 Å². The molecule has 1 N–H and O–H groups in total. The van der Waals surface area contributed by atoms with Crippen molar-refractivity contribution in [1.29, 1.82) is 0 Å². The third kappa shape index (κ3) is 1.95. The molecule has 106 valence electrons. The minimum Gasteiger partial charge on any atom is -0.337 e. The van der Waals surface area contributed by atoms with Crippen molar-refractivity contribution < 1.29 is 9.47 Å². The second-order valence-electron chi connectivity index (χ2n) is 5.29. The van der Waals surface area contributed by atoms with Gasteiger partial charge in [0.1, 0.15) is 0 Å². The smallest absolute Gasteiger partial charge is 0.256 e. The molecule has 0 spiro atoms. The summed E-state index contributed by atoms with van der Waals surface area (Å²) in [5, 5.41) is 0. The lowest BCUT2D eigenvalue weighted by molar-refractivity contribution is -0.135. The van der Waals surface area contributed by atoms with Crippen molar-refractivity contribution in [2.75, 3.05) is 13.2 Å². The number of ether oxygens (including phenoxy) is 2. The first-order valence-corrected chi connectivity index (χ1v) is 7.08. The molecule has 0 bridgehead atoms. The molecule has 0 radical (unpaired) electrons. The van der Waals surface area contributed by atoms with Crippen molar-refractivity contribution in [1.82, 2.24) is 9.97 Å². The van der Waals surface area contributed by atoms with Crippen LogP contribution in [0.15, 0.2) is 48.5 Å². The van der Waals surface area contributed by atoms with Gasteiger partial charge in [-0.05, 0) is 24.6 Å². The molecular weight excluding hydrogens is 264 g/mol. The maximum Gasteiger partial charge on any atom is 0.256 e. The van der Waals surface area contributed by atoms with Crippen LogP contribution in [0.4, 0.5) is 0 Å². The van der Waals surface area contributed by atoms with Crippen molar-refractivity contribution in [3.63, 3.8) is 0 Å². The predicted octanol–water partition coefficient (Wildman–Crippen LogP) is 3.12. The van der Waals surface area contributed by atoms with E-state index >= 15 is 0 Å². The lowest BCUT2D eigenvalue weighted by atomic mass is 10.1. The van der Waals surface area contributed by atoms with Gasteiger partial charge in [0.25, 0.3) is 5.79 Å². The number of aromatic amines is 1. The molecular formula is C17H16N2O2. The third-order valence-electron chi connectivity index (χ3n) is 3.80. The highest BCUT2D eigenvalue weighted by atomic mass is 16.7. The van der Waals surface area contributed by atoms with E-state index in [1.54, 1.807) is 0 Å². The lowest BCUT2D eigenvalue weighted by Gasteiger charge is -2.25.